The van der Waals surface area contributed by atoms with Gasteiger partial charge in [-0.2, -0.15) is 0 Å². The highest BCUT2D eigenvalue weighted by atomic mass is 16.2. The maximum Gasteiger partial charge on any atom is 0.255 e. The summed E-state index contributed by atoms with van der Waals surface area (Å²) in [4.78, 5) is 29.3. The largest absolute Gasteiger partial charge is 0.351 e. The zero-order valence-electron chi connectivity index (χ0n) is 19.5. The number of hydrogen-bond acceptors (Lipinski definition) is 2. The van der Waals surface area contributed by atoms with E-state index in [1.54, 1.807) is 0 Å². The summed E-state index contributed by atoms with van der Waals surface area (Å²) in [6.07, 6.45) is 9.17. The van der Waals surface area contributed by atoms with Crippen LogP contribution in [0.4, 0.5) is 0 Å². The molecule has 4 nitrogen and oxygen atoms in total. The first kappa shape index (κ1) is 22.6. The molecular formula is C28H36N2O2. The molecule has 2 aromatic carbocycles. The van der Waals surface area contributed by atoms with Crippen molar-refractivity contribution < 1.29 is 9.59 Å². The molecule has 0 radical (unpaired) electrons. The first-order valence-electron chi connectivity index (χ1n) is 12.3. The number of fused-ring (bicyclic) bond motifs is 1. The van der Waals surface area contributed by atoms with Gasteiger partial charge < -0.3 is 10.2 Å². The van der Waals surface area contributed by atoms with Crippen LogP contribution in [0.1, 0.15) is 80.3 Å². The van der Waals surface area contributed by atoms with Crippen LogP contribution in [0.25, 0.3) is 0 Å². The lowest BCUT2D eigenvalue weighted by atomic mass is 9.81. The number of carbonyl (C=O) groups excluding carboxylic acids is 2. The van der Waals surface area contributed by atoms with Crippen molar-refractivity contribution in [2.45, 2.75) is 89.3 Å². The molecular weight excluding hydrogens is 396 g/mol. The van der Waals surface area contributed by atoms with Crippen LogP contribution in [-0.2, 0) is 17.6 Å². The summed E-state index contributed by atoms with van der Waals surface area (Å²) in [6.45, 7) is 4.05. The van der Waals surface area contributed by atoms with Crippen molar-refractivity contribution in [3.8, 4) is 0 Å². The van der Waals surface area contributed by atoms with Crippen molar-refractivity contribution in [3.05, 3.63) is 71.3 Å². The van der Waals surface area contributed by atoms with E-state index in [0.717, 1.165) is 36.8 Å². The van der Waals surface area contributed by atoms with Crippen molar-refractivity contribution in [1.82, 2.24) is 10.2 Å². The lowest BCUT2D eigenvalue weighted by molar-refractivity contribution is -0.133. The van der Waals surface area contributed by atoms with Crippen LogP contribution in [-0.4, -0.2) is 34.3 Å². The number of amides is 2. The van der Waals surface area contributed by atoms with E-state index in [1.807, 2.05) is 54.3 Å². The molecule has 0 unspecified atom stereocenters. The van der Waals surface area contributed by atoms with Crippen LogP contribution in [0.2, 0.25) is 0 Å². The molecule has 4 rings (SSSR count). The minimum Gasteiger partial charge on any atom is -0.351 e. The summed E-state index contributed by atoms with van der Waals surface area (Å²) in [5.74, 6) is -0.0234. The number of nitrogens with one attached hydrogen (secondary N) is 1. The lowest BCUT2D eigenvalue weighted by Crippen LogP contribution is -2.65. The molecule has 0 spiro atoms. The molecule has 1 aliphatic carbocycles. The van der Waals surface area contributed by atoms with Gasteiger partial charge in [0.15, 0.2) is 0 Å². The van der Waals surface area contributed by atoms with Crippen LogP contribution in [0.5, 0.6) is 0 Å². The van der Waals surface area contributed by atoms with Gasteiger partial charge in [0.25, 0.3) is 5.91 Å². The Morgan fingerprint density at radius 1 is 1.03 bits per heavy atom. The fraction of sp³-hybridized carbons (Fsp3) is 0.500. The minimum atomic E-state index is -0.881. The van der Waals surface area contributed by atoms with Gasteiger partial charge in [-0.15, -0.1) is 0 Å². The van der Waals surface area contributed by atoms with Crippen molar-refractivity contribution in [2.24, 2.45) is 0 Å². The molecule has 0 saturated heterocycles. The smallest absolute Gasteiger partial charge is 0.255 e. The topological polar surface area (TPSA) is 49.4 Å². The Bertz CT molecular complexity index is 933. The van der Waals surface area contributed by atoms with Crippen molar-refractivity contribution >= 4 is 11.8 Å². The van der Waals surface area contributed by atoms with E-state index in [2.05, 4.69) is 24.4 Å². The summed E-state index contributed by atoms with van der Waals surface area (Å²) in [7, 11) is 0. The highest BCUT2D eigenvalue weighted by Crippen LogP contribution is 2.34. The van der Waals surface area contributed by atoms with Crippen molar-refractivity contribution in [3.63, 3.8) is 0 Å². The van der Waals surface area contributed by atoms with Gasteiger partial charge in [-0.3, -0.25) is 9.59 Å². The Morgan fingerprint density at radius 2 is 1.69 bits per heavy atom. The average molecular weight is 433 g/mol. The molecule has 2 atom stereocenters. The van der Waals surface area contributed by atoms with Crippen molar-refractivity contribution in [2.75, 3.05) is 0 Å². The number of rotatable bonds is 6. The van der Waals surface area contributed by atoms with Gasteiger partial charge in [-0.05, 0) is 56.7 Å². The monoisotopic (exact) mass is 432 g/mol. The number of benzene rings is 2. The van der Waals surface area contributed by atoms with Crippen LogP contribution in [0.3, 0.4) is 0 Å². The minimum absolute atomic E-state index is 0.00110. The van der Waals surface area contributed by atoms with Crippen molar-refractivity contribution in [1.29, 1.82) is 0 Å². The quantitative estimate of drug-likeness (QED) is 0.630. The number of carbonyl (C=O) groups is 2. The third kappa shape index (κ3) is 4.74. The summed E-state index contributed by atoms with van der Waals surface area (Å²) in [6, 6.07) is 18.3. The zero-order valence-corrected chi connectivity index (χ0v) is 19.5. The highest BCUT2D eigenvalue weighted by Gasteiger charge is 2.48. The van der Waals surface area contributed by atoms with E-state index < -0.39 is 5.54 Å². The van der Waals surface area contributed by atoms with E-state index in [4.69, 9.17) is 0 Å². The summed E-state index contributed by atoms with van der Waals surface area (Å²) in [5.41, 5.74) is 2.09. The molecule has 2 aromatic rings. The SMILES string of the molecule is C[C@@H](CCc1ccccc1)N1C(=O)c2ccccc2C[C@]1(C)C(=O)NC1CCCCCC1. The Morgan fingerprint density at radius 3 is 2.41 bits per heavy atom. The fourth-order valence-corrected chi connectivity index (χ4v) is 5.48. The molecule has 4 heteroatoms. The van der Waals surface area contributed by atoms with Gasteiger partial charge in [-0.1, -0.05) is 74.2 Å². The summed E-state index contributed by atoms with van der Waals surface area (Å²) >= 11 is 0. The van der Waals surface area contributed by atoms with E-state index in [0.29, 0.717) is 6.42 Å². The predicted molar refractivity (Wildman–Crippen MR) is 129 cm³/mol. The molecule has 2 aliphatic rings. The van der Waals surface area contributed by atoms with Crippen LogP contribution in [0.15, 0.2) is 54.6 Å². The second-order valence-electron chi connectivity index (χ2n) is 9.82. The summed E-state index contributed by atoms with van der Waals surface area (Å²) in [5, 5.41) is 3.35. The average Bonchev–Trinajstić information content (AvgIpc) is 3.07. The molecule has 1 heterocycles. The Kier molecular flexibility index (Phi) is 6.98. The van der Waals surface area contributed by atoms with Gasteiger partial charge >= 0.3 is 0 Å². The van der Waals surface area contributed by atoms with Crippen LogP contribution in [0, 0.1) is 0 Å². The number of hydrogen-bond donors (Lipinski definition) is 1. The normalized spacial score (nSPS) is 22.7. The Labute approximate surface area is 192 Å². The maximum atomic E-state index is 13.7. The fourth-order valence-electron chi connectivity index (χ4n) is 5.48. The number of aryl methyl sites for hydroxylation is 1. The molecule has 0 aromatic heterocycles. The molecule has 1 N–H and O–H groups in total. The molecule has 1 aliphatic heterocycles. The highest BCUT2D eigenvalue weighted by molar-refractivity contribution is 6.02. The number of nitrogens with zero attached hydrogens (tertiary/aromatic N) is 1. The lowest BCUT2D eigenvalue weighted by Gasteiger charge is -2.47. The second-order valence-corrected chi connectivity index (χ2v) is 9.82. The molecule has 170 valence electrons. The van der Waals surface area contributed by atoms with E-state index in [-0.39, 0.29) is 23.9 Å². The third-order valence-electron chi connectivity index (χ3n) is 7.35. The van der Waals surface area contributed by atoms with Gasteiger partial charge in [0.05, 0.1) is 0 Å². The van der Waals surface area contributed by atoms with Gasteiger partial charge in [0, 0.05) is 24.1 Å². The van der Waals surface area contributed by atoms with E-state index in [9.17, 15) is 9.59 Å². The van der Waals surface area contributed by atoms with Crippen LogP contribution >= 0.6 is 0 Å². The second kappa shape index (κ2) is 9.89. The Balaban J connectivity index is 1.59. The predicted octanol–water partition coefficient (Wildman–Crippen LogP) is 5.30. The van der Waals surface area contributed by atoms with E-state index in [1.165, 1.54) is 31.2 Å². The molecule has 0 bridgehead atoms. The summed E-state index contributed by atoms with van der Waals surface area (Å²) < 4.78 is 0. The standard InChI is InChI=1S/C28H36N2O2/c1-21(18-19-22-12-6-5-7-13-22)30-26(31)25-17-11-10-14-23(25)20-28(30,2)27(32)29-24-15-8-3-4-9-16-24/h5-7,10-14,17,21,24H,3-4,8-9,15-16,18-20H2,1-2H3,(H,29,32)/t21-,28+/m0/s1. The maximum absolute atomic E-state index is 13.7. The van der Waals surface area contributed by atoms with Gasteiger partial charge in [0.2, 0.25) is 5.91 Å². The third-order valence-corrected chi connectivity index (χ3v) is 7.35. The van der Waals surface area contributed by atoms with Gasteiger partial charge in [0.1, 0.15) is 5.54 Å². The Hall–Kier alpha value is -2.62. The van der Waals surface area contributed by atoms with Crippen LogP contribution < -0.4 is 5.32 Å². The molecule has 1 fully saturated rings. The first-order chi connectivity index (χ1) is 15.5. The zero-order chi connectivity index (χ0) is 22.6. The molecule has 2 amide bonds. The molecule has 1 saturated carbocycles. The van der Waals surface area contributed by atoms with Gasteiger partial charge in [-0.25, -0.2) is 0 Å². The molecule has 32 heavy (non-hydrogen) atoms. The van der Waals surface area contributed by atoms with E-state index >= 15 is 0 Å². The first-order valence-corrected chi connectivity index (χ1v) is 12.3.